The van der Waals surface area contributed by atoms with E-state index in [1.807, 2.05) is 0 Å². The van der Waals surface area contributed by atoms with Crippen LogP contribution in [0.15, 0.2) is 4.99 Å². The second-order valence-corrected chi connectivity index (χ2v) is 6.52. The molecule has 2 aliphatic carbocycles. The van der Waals surface area contributed by atoms with E-state index in [0.717, 1.165) is 0 Å². The molecule has 1 aliphatic heterocycles. The van der Waals surface area contributed by atoms with E-state index in [-0.39, 0.29) is 23.9 Å². The topological polar surface area (TPSA) is 41.5 Å². The Labute approximate surface area is 115 Å². The summed E-state index contributed by atoms with van der Waals surface area (Å²) in [5, 5.41) is -0.166. The highest BCUT2D eigenvalue weighted by molar-refractivity contribution is 8.15. The summed E-state index contributed by atoms with van der Waals surface area (Å²) in [4.78, 5) is 15.3. The van der Waals surface area contributed by atoms with E-state index in [4.69, 9.17) is 0 Å². The first-order chi connectivity index (χ1) is 9.17. The third kappa shape index (κ3) is 2.29. The Morgan fingerprint density at radius 2 is 2.00 bits per heavy atom. The van der Waals surface area contributed by atoms with Crippen molar-refractivity contribution in [3.8, 4) is 0 Å². The van der Waals surface area contributed by atoms with E-state index >= 15 is 0 Å². The molecule has 0 radical (unpaired) electrons. The molecule has 2 unspecified atom stereocenters. The van der Waals surface area contributed by atoms with Crippen LogP contribution in [0, 0.1) is 11.8 Å². The maximum absolute atomic E-state index is 13.3. The highest BCUT2D eigenvalue weighted by atomic mass is 32.2. The minimum atomic E-state index is -4.63. The normalized spacial score (nSPS) is 41.5. The van der Waals surface area contributed by atoms with Crippen molar-refractivity contribution in [1.82, 2.24) is 5.32 Å². The third-order valence-electron chi connectivity index (χ3n) is 4.07. The van der Waals surface area contributed by atoms with Gasteiger partial charge in [0.2, 0.25) is 5.91 Å². The number of hydrogen-bond acceptors (Lipinski definition) is 3. The first-order valence-electron chi connectivity index (χ1n) is 6.16. The molecule has 1 saturated heterocycles. The number of fused-ring (bicyclic) bond motifs is 2. The summed E-state index contributed by atoms with van der Waals surface area (Å²) >= 11 is 0.317. The predicted molar refractivity (Wildman–Crippen MR) is 62.6 cm³/mol. The maximum atomic E-state index is 13.3. The molecule has 3 nitrogen and oxygen atoms in total. The van der Waals surface area contributed by atoms with E-state index in [9.17, 15) is 26.7 Å². The SMILES string of the molecule is O=C1NC(=N[C@H]2C[C@H]3CC2CC3(F)F)SC1C(F)(F)F. The average molecular weight is 314 g/mol. The number of amides is 1. The summed E-state index contributed by atoms with van der Waals surface area (Å²) in [7, 11) is 0. The van der Waals surface area contributed by atoms with E-state index in [1.165, 1.54) is 0 Å². The Morgan fingerprint density at radius 3 is 2.45 bits per heavy atom. The molecule has 3 rings (SSSR count). The Hall–Kier alpha value is -0.860. The van der Waals surface area contributed by atoms with Crippen LogP contribution in [0.2, 0.25) is 0 Å². The van der Waals surface area contributed by atoms with Crippen molar-refractivity contribution in [3.63, 3.8) is 0 Å². The fourth-order valence-corrected chi connectivity index (χ4v) is 4.01. The maximum Gasteiger partial charge on any atom is 0.409 e. The fraction of sp³-hybridized carbons (Fsp3) is 0.818. The van der Waals surface area contributed by atoms with Gasteiger partial charge in [0.1, 0.15) is 0 Å². The first-order valence-corrected chi connectivity index (χ1v) is 7.04. The lowest BCUT2D eigenvalue weighted by atomic mass is 9.93. The number of hydrogen-bond donors (Lipinski definition) is 1. The molecule has 0 spiro atoms. The number of carbonyl (C=O) groups is 1. The fourth-order valence-electron chi connectivity index (χ4n) is 3.14. The molecule has 112 valence electrons. The van der Waals surface area contributed by atoms with Gasteiger partial charge in [-0.05, 0) is 18.8 Å². The van der Waals surface area contributed by atoms with Crippen molar-refractivity contribution in [2.45, 2.75) is 42.7 Å². The molecule has 4 atom stereocenters. The van der Waals surface area contributed by atoms with Crippen LogP contribution >= 0.6 is 11.8 Å². The molecule has 20 heavy (non-hydrogen) atoms. The van der Waals surface area contributed by atoms with Crippen molar-refractivity contribution < 1.29 is 26.7 Å². The predicted octanol–water partition coefficient (Wildman–Crippen LogP) is 2.57. The van der Waals surface area contributed by atoms with Gasteiger partial charge in [0.05, 0.1) is 6.04 Å². The number of amidine groups is 1. The third-order valence-corrected chi connectivity index (χ3v) is 5.21. The van der Waals surface area contributed by atoms with Gasteiger partial charge in [-0.15, -0.1) is 0 Å². The highest BCUT2D eigenvalue weighted by Gasteiger charge is 2.57. The molecule has 0 aromatic heterocycles. The van der Waals surface area contributed by atoms with Crippen molar-refractivity contribution in [1.29, 1.82) is 0 Å². The average Bonchev–Trinajstić information content (AvgIpc) is 2.90. The van der Waals surface area contributed by atoms with E-state index in [1.54, 1.807) is 0 Å². The van der Waals surface area contributed by atoms with Gasteiger partial charge in [-0.1, -0.05) is 11.8 Å². The molecule has 3 fully saturated rings. The van der Waals surface area contributed by atoms with Crippen LogP contribution in [0.5, 0.6) is 0 Å². The molecule has 3 aliphatic rings. The zero-order valence-corrected chi connectivity index (χ0v) is 10.9. The van der Waals surface area contributed by atoms with Crippen LogP contribution in [-0.2, 0) is 4.79 Å². The van der Waals surface area contributed by atoms with Crippen molar-refractivity contribution in [2.75, 3.05) is 0 Å². The second-order valence-electron chi connectivity index (χ2n) is 5.42. The number of carbonyl (C=O) groups excluding carboxylic acids is 1. The minimum absolute atomic E-state index is 0.0989. The van der Waals surface area contributed by atoms with Crippen molar-refractivity contribution in [2.24, 2.45) is 16.8 Å². The largest absolute Gasteiger partial charge is 0.409 e. The van der Waals surface area contributed by atoms with E-state index in [2.05, 4.69) is 10.3 Å². The summed E-state index contributed by atoms with van der Waals surface area (Å²) in [6.45, 7) is 0. The quantitative estimate of drug-likeness (QED) is 0.756. The lowest BCUT2D eigenvalue weighted by Crippen LogP contribution is -2.35. The number of aliphatic imine (C=N–C) groups is 1. The van der Waals surface area contributed by atoms with Crippen molar-refractivity contribution >= 4 is 22.8 Å². The van der Waals surface area contributed by atoms with Gasteiger partial charge in [-0.25, -0.2) is 8.78 Å². The number of alkyl halides is 5. The van der Waals surface area contributed by atoms with Gasteiger partial charge in [0.25, 0.3) is 5.92 Å². The smallest absolute Gasteiger partial charge is 0.304 e. The molecule has 0 aromatic carbocycles. The van der Waals surface area contributed by atoms with Gasteiger partial charge in [-0.3, -0.25) is 9.79 Å². The summed E-state index contributed by atoms with van der Waals surface area (Å²) in [6, 6.07) is -0.408. The summed E-state index contributed by atoms with van der Waals surface area (Å²) in [5.41, 5.74) is 0. The minimum Gasteiger partial charge on any atom is -0.304 e. The standard InChI is InChI=1S/C11H11F5N2OS/c12-10(13)3-4-1-5(10)2-6(4)17-9-18-8(19)7(20-9)11(14,15)16/h4-7H,1-3H2,(H,17,18,19)/t4?,5-,6+,7?/m1/s1. The van der Waals surface area contributed by atoms with E-state index in [0.29, 0.717) is 18.2 Å². The molecule has 1 heterocycles. The molecule has 0 aromatic rings. The van der Waals surface area contributed by atoms with Gasteiger partial charge >= 0.3 is 6.18 Å². The van der Waals surface area contributed by atoms with Crippen LogP contribution in [0.3, 0.4) is 0 Å². The number of thioether (sulfide) groups is 1. The Kier molecular flexibility index (Phi) is 3.04. The zero-order valence-electron chi connectivity index (χ0n) is 10.1. The number of halogens is 5. The highest BCUT2D eigenvalue weighted by Crippen LogP contribution is 2.54. The molecule has 2 saturated carbocycles. The summed E-state index contributed by atoms with van der Waals surface area (Å²) in [5.74, 6) is -4.86. The first kappa shape index (κ1) is 14.1. The molecule has 2 bridgehead atoms. The van der Waals surface area contributed by atoms with Crippen LogP contribution in [0.1, 0.15) is 19.3 Å². The zero-order chi connectivity index (χ0) is 14.7. The Balaban J connectivity index is 1.69. The lowest BCUT2D eigenvalue weighted by molar-refractivity contribution is -0.148. The van der Waals surface area contributed by atoms with Gasteiger partial charge in [0.15, 0.2) is 10.4 Å². The lowest BCUT2D eigenvalue weighted by Gasteiger charge is -2.25. The van der Waals surface area contributed by atoms with Crippen LogP contribution in [-0.4, -0.2) is 34.5 Å². The molecule has 9 heteroatoms. The molecule has 1 amide bonds. The molecular formula is C11H11F5N2OS. The monoisotopic (exact) mass is 314 g/mol. The van der Waals surface area contributed by atoms with Crippen LogP contribution < -0.4 is 5.32 Å². The Bertz CT molecular complexity index is 478. The Morgan fingerprint density at radius 1 is 1.30 bits per heavy atom. The van der Waals surface area contributed by atoms with Gasteiger partial charge in [0, 0.05) is 12.3 Å². The molecule has 1 N–H and O–H groups in total. The van der Waals surface area contributed by atoms with Crippen molar-refractivity contribution in [3.05, 3.63) is 0 Å². The van der Waals surface area contributed by atoms with E-state index < -0.39 is 35.2 Å². The van der Waals surface area contributed by atoms with Gasteiger partial charge in [-0.2, -0.15) is 13.2 Å². The van der Waals surface area contributed by atoms with Crippen LogP contribution in [0.4, 0.5) is 22.0 Å². The number of nitrogens with zero attached hydrogens (tertiary/aromatic N) is 1. The number of rotatable bonds is 1. The number of nitrogens with one attached hydrogen (secondary N) is 1. The van der Waals surface area contributed by atoms with Gasteiger partial charge < -0.3 is 5.32 Å². The summed E-state index contributed by atoms with van der Waals surface area (Å²) < 4.78 is 64.2. The summed E-state index contributed by atoms with van der Waals surface area (Å²) in [6.07, 6.45) is -4.36. The second kappa shape index (κ2) is 4.32. The van der Waals surface area contributed by atoms with Crippen LogP contribution in [0.25, 0.3) is 0 Å². The molecular weight excluding hydrogens is 303 g/mol.